The molecule has 0 fully saturated rings. The normalized spacial score (nSPS) is 12.2. The Labute approximate surface area is 96.1 Å². The maximum absolute atomic E-state index is 10.5. The topological polar surface area (TPSA) is 46.5 Å². The van der Waals surface area contributed by atoms with Crippen molar-refractivity contribution < 1.29 is 14.6 Å². The minimum atomic E-state index is -0.780. The number of aliphatic carboxylic acids is 1. The Morgan fingerprint density at radius 2 is 1.94 bits per heavy atom. The number of carboxylic acid groups (broad SMARTS) is 1. The molecule has 0 radical (unpaired) electrons. The van der Waals surface area contributed by atoms with Crippen LogP contribution in [0.1, 0.15) is 24.5 Å². The predicted molar refractivity (Wildman–Crippen MR) is 62.8 cm³/mol. The highest BCUT2D eigenvalue weighted by molar-refractivity contribution is 5.66. The quantitative estimate of drug-likeness (QED) is 0.833. The van der Waals surface area contributed by atoms with Crippen LogP contribution in [0.3, 0.4) is 0 Å². The van der Waals surface area contributed by atoms with E-state index in [0.717, 1.165) is 16.9 Å². The summed E-state index contributed by atoms with van der Waals surface area (Å²) >= 11 is 0. The van der Waals surface area contributed by atoms with Crippen molar-refractivity contribution in [1.82, 2.24) is 0 Å². The Kier molecular flexibility index (Phi) is 4.35. The number of benzene rings is 1. The summed E-state index contributed by atoms with van der Waals surface area (Å²) in [6.45, 7) is 6.30. The van der Waals surface area contributed by atoms with Gasteiger partial charge in [-0.15, -0.1) is 0 Å². The van der Waals surface area contributed by atoms with Gasteiger partial charge in [0.1, 0.15) is 5.75 Å². The predicted octanol–water partition coefficient (Wildman–Crippen LogP) is 2.79. The van der Waals surface area contributed by atoms with Crippen molar-refractivity contribution >= 4 is 5.97 Å². The summed E-state index contributed by atoms with van der Waals surface area (Å²) in [5, 5.41) is 8.63. The molecule has 1 unspecified atom stereocenters. The molecule has 0 amide bonds. The molecule has 0 saturated carbocycles. The van der Waals surface area contributed by atoms with Gasteiger partial charge in [-0.1, -0.05) is 25.1 Å². The average Bonchev–Trinajstić information content (AvgIpc) is 2.15. The van der Waals surface area contributed by atoms with Crippen LogP contribution in [0, 0.1) is 19.8 Å². The van der Waals surface area contributed by atoms with Crippen molar-refractivity contribution in [2.75, 3.05) is 6.61 Å². The van der Waals surface area contributed by atoms with Crippen LogP contribution in [0.15, 0.2) is 18.2 Å². The molecule has 1 atom stereocenters. The van der Waals surface area contributed by atoms with Gasteiger partial charge in [-0.3, -0.25) is 4.79 Å². The second-order valence-corrected chi connectivity index (χ2v) is 4.23. The fourth-order valence-corrected chi connectivity index (χ4v) is 1.61. The molecule has 0 bridgehead atoms. The molecule has 16 heavy (non-hydrogen) atoms. The monoisotopic (exact) mass is 222 g/mol. The summed E-state index contributed by atoms with van der Waals surface area (Å²) in [5.41, 5.74) is 2.17. The van der Waals surface area contributed by atoms with Crippen LogP contribution >= 0.6 is 0 Å². The van der Waals surface area contributed by atoms with Crippen LogP contribution < -0.4 is 4.74 Å². The van der Waals surface area contributed by atoms with E-state index in [2.05, 4.69) is 0 Å². The first-order valence-electron chi connectivity index (χ1n) is 5.41. The van der Waals surface area contributed by atoms with E-state index >= 15 is 0 Å². The molecule has 0 saturated heterocycles. The molecule has 88 valence electrons. The van der Waals surface area contributed by atoms with Crippen molar-refractivity contribution in [2.24, 2.45) is 5.92 Å². The van der Waals surface area contributed by atoms with E-state index < -0.39 is 5.97 Å². The molecule has 0 aliphatic carbocycles. The van der Waals surface area contributed by atoms with Crippen LogP contribution in [0.2, 0.25) is 0 Å². The fourth-order valence-electron chi connectivity index (χ4n) is 1.61. The lowest BCUT2D eigenvalue weighted by molar-refractivity contribution is -0.138. The Bertz CT molecular complexity index is 351. The maximum atomic E-state index is 10.5. The first-order chi connectivity index (χ1) is 7.50. The van der Waals surface area contributed by atoms with Gasteiger partial charge in [0.2, 0.25) is 0 Å². The molecular formula is C13H18O3. The third-order valence-electron chi connectivity index (χ3n) is 2.44. The number of carboxylic acids is 1. The minimum absolute atomic E-state index is 0.0245. The molecule has 0 aliphatic rings. The van der Waals surface area contributed by atoms with E-state index in [-0.39, 0.29) is 12.3 Å². The van der Waals surface area contributed by atoms with E-state index in [1.165, 1.54) is 0 Å². The number of hydrogen-bond acceptors (Lipinski definition) is 2. The highest BCUT2D eigenvalue weighted by atomic mass is 16.5. The summed E-state index contributed by atoms with van der Waals surface area (Å²) in [5.74, 6) is 0.119. The van der Waals surface area contributed by atoms with E-state index in [0.29, 0.717) is 6.61 Å². The van der Waals surface area contributed by atoms with Gasteiger partial charge in [-0.2, -0.15) is 0 Å². The highest BCUT2D eigenvalue weighted by Crippen LogP contribution is 2.23. The molecule has 1 aromatic carbocycles. The van der Waals surface area contributed by atoms with Crippen molar-refractivity contribution in [3.8, 4) is 5.75 Å². The van der Waals surface area contributed by atoms with Gasteiger partial charge in [0.15, 0.2) is 0 Å². The zero-order valence-electron chi connectivity index (χ0n) is 9.99. The fraction of sp³-hybridized carbons (Fsp3) is 0.462. The summed E-state index contributed by atoms with van der Waals surface area (Å²) in [6.07, 6.45) is 0.144. The summed E-state index contributed by atoms with van der Waals surface area (Å²) in [7, 11) is 0. The summed E-state index contributed by atoms with van der Waals surface area (Å²) < 4.78 is 5.67. The van der Waals surface area contributed by atoms with Gasteiger partial charge < -0.3 is 9.84 Å². The first-order valence-corrected chi connectivity index (χ1v) is 5.41. The van der Waals surface area contributed by atoms with Crippen LogP contribution in [-0.4, -0.2) is 17.7 Å². The third kappa shape index (κ3) is 3.57. The molecule has 0 spiro atoms. The Hall–Kier alpha value is -1.51. The van der Waals surface area contributed by atoms with Gasteiger partial charge >= 0.3 is 5.97 Å². The smallest absolute Gasteiger partial charge is 0.303 e. The molecule has 1 N–H and O–H groups in total. The number of aryl methyl sites for hydroxylation is 2. The lowest BCUT2D eigenvalue weighted by atomic mass is 10.1. The van der Waals surface area contributed by atoms with Crippen molar-refractivity contribution in [3.05, 3.63) is 29.3 Å². The van der Waals surface area contributed by atoms with Gasteiger partial charge in [0, 0.05) is 5.92 Å². The minimum Gasteiger partial charge on any atom is -0.493 e. The molecule has 0 heterocycles. The molecular weight excluding hydrogens is 204 g/mol. The third-order valence-corrected chi connectivity index (χ3v) is 2.44. The largest absolute Gasteiger partial charge is 0.493 e. The number of ether oxygens (including phenoxy) is 1. The van der Waals surface area contributed by atoms with E-state index in [9.17, 15) is 4.79 Å². The number of rotatable bonds is 5. The van der Waals surface area contributed by atoms with Crippen LogP contribution in [0.4, 0.5) is 0 Å². The second-order valence-electron chi connectivity index (χ2n) is 4.23. The van der Waals surface area contributed by atoms with Gasteiger partial charge in [0.25, 0.3) is 0 Å². The number of carbonyl (C=O) groups is 1. The van der Waals surface area contributed by atoms with Crippen molar-refractivity contribution in [3.63, 3.8) is 0 Å². The van der Waals surface area contributed by atoms with Crippen LogP contribution in [0.25, 0.3) is 0 Å². The Morgan fingerprint density at radius 3 is 2.44 bits per heavy atom. The Morgan fingerprint density at radius 1 is 1.38 bits per heavy atom. The van der Waals surface area contributed by atoms with E-state index in [1.54, 1.807) is 0 Å². The second kappa shape index (κ2) is 5.54. The molecule has 0 aliphatic heterocycles. The first kappa shape index (κ1) is 12.6. The highest BCUT2D eigenvalue weighted by Gasteiger charge is 2.10. The van der Waals surface area contributed by atoms with Gasteiger partial charge in [0.05, 0.1) is 13.0 Å². The summed E-state index contributed by atoms with van der Waals surface area (Å²) in [6, 6.07) is 5.96. The molecule has 3 nitrogen and oxygen atoms in total. The standard InChI is InChI=1S/C13H18O3/c1-9(7-12(14)15)8-16-13-10(2)5-4-6-11(13)3/h4-6,9H,7-8H2,1-3H3,(H,14,15). The zero-order valence-corrected chi connectivity index (χ0v) is 9.99. The average molecular weight is 222 g/mol. The van der Waals surface area contributed by atoms with Gasteiger partial charge in [-0.05, 0) is 25.0 Å². The van der Waals surface area contributed by atoms with Crippen LogP contribution in [0.5, 0.6) is 5.75 Å². The lowest BCUT2D eigenvalue weighted by Crippen LogP contribution is -2.13. The number of para-hydroxylation sites is 1. The number of hydrogen-bond donors (Lipinski definition) is 1. The molecule has 1 rings (SSSR count). The lowest BCUT2D eigenvalue weighted by Gasteiger charge is -2.14. The molecule has 3 heteroatoms. The van der Waals surface area contributed by atoms with Gasteiger partial charge in [-0.25, -0.2) is 0 Å². The van der Waals surface area contributed by atoms with E-state index in [4.69, 9.17) is 9.84 Å². The zero-order chi connectivity index (χ0) is 12.1. The van der Waals surface area contributed by atoms with E-state index in [1.807, 2.05) is 39.0 Å². The summed E-state index contributed by atoms with van der Waals surface area (Å²) in [4.78, 5) is 10.5. The molecule has 0 aromatic heterocycles. The van der Waals surface area contributed by atoms with Crippen LogP contribution in [-0.2, 0) is 4.79 Å². The maximum Gasteiger partial charge on any atom is 0.303 e. The SMILES string of the molecule is Cc1cccc(C)c1OCC(C)CC(=O)O. The van der Waals surface area contributed by atoms with Crippen molar-refractivity contribution in [1.29, 1.82) is 0 Å². The Balaban J connectivity index is 2.57. The molecule has 1 aromatic rings. The van der Waals surface area contributed by atoms with Crippen molar-refractivity contribution in [2.45, 2.75) is 27.2 Å².